The molecule has 0 aliphatic carbocycles. The maximum absolute atomic E-state index is 14.6. The first-order chi connectivity index (χ1) is 46.3. The Bertz CT molecular complexity index is 2950. The number of nitrogens with two attached hydrogens (primary N) is 3. The number of hydrogen-bond donors (Lipinski definition) is 16. The first kappa shape index (κ1) is 84.1. The Kier molecular flexibility index (Phi) is 34.1. The van der Waals surface area contributed by atoms with Crippen LogP contribution in [-0.4, -0.2) is 241 Å². The molecule has 0 spiro atoms. The van der Waals surface area contributed by atoms with E-state index in [0.29, 0.717) is 19.3 Å². The quantitative estimate of drug-likeness (QED) is 0.0257. The summed E-state index contributed by atoms with van der Waals surface area (Å²) in [6.45, 7) is 16.0. The third-order valence-electron chi connectivity index (χ3n) is 17.1. The Balaban J connectivity index is 1.76. The molecular formula is C63H104N16O20. The van der Waals surface area contributed by atoms with Gasteiger partial charge in [-0.1, -0.05) is 41.5 Å². The van der Waals surface area contributed by atoms with Crippen molar-refractivity contribution in [2.75, 3.05) is 26.2 Å². The van der Waals surface area contributed by atoms with Gasteiger partial charge in [0.15, 0.2) is 0 Å². The van der Waals surface area contributed by atoms with Crippen LogP contribution in [0.3, 0.4) is 0 Å². The number of amides is 14. The molecule has 0 aromatic carbocycles. The van der Waals surface area contributed by atoms with Crippen LogP contribution in [0.25, 0.3) is 0 Å². The first-order valence-electron chi connectivity index (χ1n) is 33.7. The lowest BCUT2D eigenvalue weighted by atomic mass is 9.98. The fourth-order valence-electron chi connectivity index (χ4n) is 11.6. The number of nitrogens with one attached hydrogen (secondary N) is 10. The standard InChI is InChI=1S/C63H104N16O20/c1-30(2)28-40(55(90)75-48(31(3)4)59(94)71-37(16-11-12-24-64)53(88)70-38(20-22-45(66)80)54(89)74-41(63(98)99)29-47(83)84)73-57(92)43-18-15-27-79(43)62(97)49(32(5)6)76-58(93)44-19-14-26-78(44)61(96)39(21-23-46(81)82)72-52(87)35(9)67-51(86)34(8)68-56(91)42-17-13-25-77(42)60(95)36(10)69-50(85)33(7)65/h30-44,48-49H,11-29,64-65H2,1-10H3,(H2,66,80)(H,67,86)(H,68,91)(H,69,85)(H,70,88)(H,71,94)(H,72,87)(H,73,92)(H,74,89)(H,75,90)(H,76,93)(H,81,82)(H,83,84)(H,98,99)/t33-,34-,35-,36-,37-,38-,39-,40-,41-,42-,43-,44-,48-,49-/m0/s1. The van der Waals surface area contributed by atoms with E-state index in [1.165, 1.54) is 37.5 Å². The van der Waals surface area contributed by atoms with Crippen LogP contribution in [0.2, 0.25) is 0 Å². The molecule has 556 valence electrons. The molecule has 36 nitrogen and oxygen atoms in total. The molecule has 0 saturated carbocycles. The van der Waals surface area contributed by atoms with E-state index in [0.717, 1.165) is 4.90 Å². The van der Waals surface area contributed by atoms with Crippen molar-refractivity contribution < 1.29 is 96.8 Å². The van der Waals surface area contributed by atoms with Gasteiger partial charge in [0.25, 0.3) is 0 Å². The summed E-state index contributed by atoms with van der Waals surface area (Å²) >= 11 is 0. The predicted molar refractivity (Wildman–Crippen MR) is 351 cm³/mol. The Morgan fingerprint density at radius 2 is 0.848 bits per heavy atom. The minimum atomic E-state index is -1.92. The zero-order chi connectivity index (χ0) is 74.9. The van der Waals surface area contributed by atoms with Crippen LogP contribution in [0.4, 0.5) is 0 Å². The van der Waals surface area contributed by atoms with Gasteiger partial charge in [0.1, 0.15) is 78.5 Å². The molecule has 19 N–H and O–H groups in total. The van der Waals surface area contributed by atoms with Crippen molar-refractivity contribution in [1.82, 2.24) is 67.9 Å². The van der Waals surface area contributed by atoms with Gasteiger partial charge in [0.2, 0.25) is 82.7 Å². The summed E-state index contributed by atoms with van der Waals surface area (Å²) in [5.41, 5.74) is 16.6. The maximum Gasteiger partial charge on any atom is 0.326 e. The number of carboxylic acid groups (broad SMARTS) is 3. The summed E-state index contributed by atoms with van der Waals surface area (Å²) in [5, 5.41) is 53.6. The third-order valence-corrected chi connectivity index (χ3v) is 17.1. The van der Waals surface area contributed by atoms with Crippen LogP contribution in [0.5, 0.6) is 0 Å². The third kappa shape index (κ3) is 26.3. The second-order valence-corrected chi connectivity index (χ2v) is 26.6. The van der Waals surface area contributed by atoms with Crippen LogP contribution in [0.1, 0.15) is 166 Å². The molecule has 0 aromatic rings. The molecule has 3 rings (SSSR count). The molecule has 3 aliphatic heterocycles. The van der Waals surface area contributed by atoms with E-state index < -0.39 is 229 Å². The number of carbonyl (C=O) groups excluding carboxylic acids is 14. The van der Waals surface area contributed by atoms with Crippen molar-refractivity contribution >= 4 is 101 Å². The Labute approximate surface area is 574 Å². The number of aliphatic carboxylic acids is 3. The van der Waals surface area contributed by atoms with E-state index in [4.69, 9.17) is 17.2 Å². The summed E-state index contributed by atoms with van der Waals surface area (Å²) in [4.78, 5) is 230. The SMILES string of the molecule is CC(C)C[C@H](NC(=O)[C@@H]1CCCN1C(=O)[C@@H](NC(=O)[C@@H]1CCCN1C(=O)[C@H](CCC(=O)O)NC(=O)[C@H](C)NC(=O)[C@H](C)NC(=O)[C@@H]1CCCN1C(=O)[C@H](C)NC(=O)[C@H](C)N)C(C)C)C(=O)N[C@H](C(=O)N[C@@H](CCCCN)C(=O)N[C@@H](CCC(N)=O)C(=O)N[C@@H](CC(=O)O)C(=O)O)C(C)C. The van der Waals surface area contributed by atoms with Crippen molar-refractivity contribution in [2.24, 2.45) is 35.0 Å². The normalized spacial score (nSPS) is 19.3. The minimum Gasteiger partial charge on any atom is -0.481 e. The highest BCUT2D eigenvalue weighted by Crippen LogP contribution is 2.25. The molecule has 14 atom stereocenters. The van der Waals surface area contributed by atoms with Gasteiger partial charge in [-0.05, 0) is 129 Å². The predicted octanol–water partition coefficient (Wildman–Crippen LogP) is -4.61. The zero-order valence-corrected chi connectivity index (χ0v) is 58.1. The van der Waals surface area contributed by atoms with Crippen molar-refractivity contribution in [2.45, 2.75) is 250 Å². The van der Waals surface area contributed by atoms with E-state index in [1.807, 2.05) is 5.32 Å². The number of unbranched alkanes of at least 4 members (excludes halogenated alkanes) is 1. The summed E-state index contributed by atoms with van der Waals surface area (Å²) in [7, 11) is 0. The summed E-state index contributed by atoms with van der Waals surface area (Å²) < 4.78 is 0. The highest BCUT2D eigenvalue weighted by molar-refractivity contribution is 6.01. The molecule has 14 amide bonds. The van der Waals surface area contributed by atoms with E-state index >= 15 is 0 Å². The Hall–Kier alpha value is -9.09. The van der Waals surface area contributed by atoms with Crippen molar-refractivity contribution in [3.8, 4) is 0 Å². The lowest BCUT2D eigenvalue weighted by molar-refractivity contribution is -0.147. The number of carboxylic acids is 3. The van der Waals surface area contributed by atoms with Gasteiger partial charge >= 0.3 is 17.9 Å². The maximum atomic E-state index is 14.6. The van der Waals surface area contributed by atoms with Crippen molar-refractivity contribution in [3.63, 3.8) is 0 Å². The van der Waals surface area contributed by atoms with Gasteiger partial charge in [0, 0.05) is 32.5 Å². The van der Waals surface area contributed by atoms with E-state index in [2.05, 4.69) is 47.9 Å². The van der Waals surface area contributed by atoms with Crippen molar-refractivity contribution in [1.29, 1.82) is 0 Å². The number of hydrogen-bond acceptors (Lipinski definition) is 19. The van der Waals surface area contributed by atoms with E-state index in [1.54, 1.807) is 41.5 Å². The molecule has 3 heterocycles. The zero-order valence-electron chi connectivity index (χ0n) is 58.1. The largest absolute Gasteiger partial charge is 0.481 e. The number of likely N-dealkylation sites (tertiary alicyclic amines) is 3. The first-order valence-corrected chi connectivity index (χ1v) is 33.7. The van der Waals surface area contributed by atoms with E-state index in [-0.39, 0.29) is 77.0 Å². The summed E-state index contributed by atoms with van der Waals surface area (Å²) in [6.07, 6.45) is -0.819. The summed E-state index contributed by atoms with van der Waals surface area (Å²) in [5.74, 6) is -17.3. The van der Waals surface area contributed by atoms with Crippen LogP contribution in [0, 0.1) is 17.8 Å². The molecule has 0 unspecified atom stereocenters. The van der Waals surface area contributed by atoms with Crippen molar-refractivity contribution in [3.05, 3.63) is 0 Å². The topological polar surface area (TPSA) is 559 Å². The van der Waals surface area contributed by atoms with Gasteiger partial charge in [-0.25, -0.2) is 4.79 Å². The van der Waals surface area contributed by atoms with Crippen LogP contribution in [0.15, 0.2) is 0 Å². The molecular weight excluding hydrogens is 1300 g/mol. The lowest BCUT2D eigenvalue weighted by Gasteiger charge is -2.33. The molecule has 3 aliphatic rings. The fourth-order valence-corrected chi connectivity index (χ4v) is 11.6. The second kappa shape index (κ2) is 40.1. The fraction of sp³-hybridized carbons (Fsp3) is 0.730. The van der Waals surface area contributed by atoms with E-state index in [9.17, 15) is 96.8 Å². The van der Waals surface area contributed by atoms with Crippen LogP contribution in [-0.2, 0) is 81.5 Å². The van der Waals surface area contributed by atoms with Gasteiger partial charge in [-0.15, -0.1) is 0 Å². The number of primary amides is 1. The lowest BCUT2D eigenvalue weighted by Crippen LogP contribution is -2.61. The molecule has 36 heteroatoms. The molecule has 3 saturated heterocycles. The average molecular weight is 1410 g/mol. The molecule has 3 fully saturated rings. The average Bonchev–Trinajstić information content (AvgIpc) is 1.74. The number of nitrogens with zero attached hydrogens (tertiary/aromatic N) is 3. The molecule has 0 aromatic heterocycles. The highest BCUT2D eigenvalue weighted by Gasteiger charge is 2.45. The van der Waals surface area contributed by atoms with Crippen LogP contribution < -0.4 is 70.4 Å². The van der Waals surface area contributed by atoms with Gasteiger partial charge in [-0.3, -0.25) is 76.7 Å². The summed E-state index contributed by atoms with van der Waals surface area (Å²) in [6, 6.07) is -18.3. The Morgan fingerprint density at radius 3 is 1.33 bits per heavy atom. The smallest absolute Gasteiger partial charge is 0.326 e. The second-order valence-electron chi connectivity index (χ2n) is 26.6. The van der Waals surface area contributed by atoms with Gasteiger partial charge in [0.05, 0.1) is 12.5 Å². The molecule has 0 radical (unpaired) electrons. The highest BCUT2D eigenvalue weighted by atomic mass is 16.4. The Morgan fingerprint density at radius 1 is 0.414 bits per heavy atom. The minimum absolute atomic E-state index is 0.0128. The number of carbonyl (C=O) groups is 17. The van der Waals surface area contributed by atoms with Gasteiger partial charge < -0.3 is 100 Å². The molecule has 0 bridgehead atoms. The van der Waals surface area contributed by atoms with Gasteiger partial charge in [-0.2, -0.15) is 0 Å². The monoisotopic (exact) mass is 1400 g/mol. The molecule has 99 heavy (non-hydrogen) atoms. The number of rotatable bonds is 40. The van der Waals surface area contributed by atoms with Crippen LogP contribution >= 0.6 is 0 Å².